The molecule has 0 heterocycles. The molecule has 0 saturated carbocycles. The first-order valence-corrected chi connectivity index (χ1v) is 6.92. The number of rotatable bonds is 1. The molecule has 0 aliphatic heterocycles. The van der Waals surface area contributed by atoms with Crippen LogP contribution in [-0.2, 0) is 12.1 Å². The van der Waals surface area contributed by atoms with Crippen molar-refractivity contribution in [3.63, 3.8) is 0 Å². The average Bonchev–Trinajstić information content (AvgIpc) is 2.46. The van der Waals surface area contributed by atoms with Gasteiger partial charge in [0.05, 0.1) is 0 Å². The molecular formula is C18H17FO. The Labute approximate surface area is 118 Å². The van der Waals surface area contributed by atoms with Gasteiger partial charge in [-0.25, -0.2) is 4.39 Å². The number of aryl methyl sites for hydroxylation is 3. The number of carbonyl (C=O) groups is 1. The molecule has 0 N–H and O–H groups in total. The van der Waals surface area contributed by atoms with Crippen LogP contribution in [0.5, 0.6) is 0 Å². The number of fused-ring (bicyclic) bond motifs is 1. The molecule has 1 nitrogen and oxygen atoms in total. The molecule has 0 aromatic heterocycles. The van der Waals surface area contributed by atoms with Crippen molar-refractivity contribution >= 4 is 5.78 Å². The number of halogens is 1. The largest absolute Gasteiger partial charge is 0.290 e. The van der Waals surface area contributed by atoms with Crippen LogP contribution in [0.2, 0.25) is 0 Å². The molecular weight excluding hydrogens is 251 g/mol. The van der Waals surface area contributed by atoms with E-state index in [1.165, 1.54) is 0 Å². The molecule has 20 heavy (non-hydrogen) atoms. The minimum Gasteiger partial charge on any atom is -0.290 e. The number of benzene rings is 2. The maximum Gasteiger partial charge on any atom is 0.204 e. The summed E-state index contributed by atoms with van der Waals surface area (Å²) in [7, 11) is 0. The molecule has 102 valence electrons. The normalized spacial score (nSPS) is 21.6. The van der Waals surface area contributed by atoms with Gasteiger partial charge in [-0.3, -0.25) is 4.79 Å². The van der Waals surface area contributed by atoms with Crippen molar-refractivity contribution in [1.29, 1.82) is 0 Å². The molecule has 2 heteroatoms. The summed E-state index contributed by atoms with van der Waals surface area (Å²) in [5.41, 5.74) is 1.94. The predicted molar refractivity (Wildman–Crippen MR) is 77.8 cm³/mol. The lowest BCUT2D eigenvalue weighted by molar-refractivity contribution is 0.0628. The van der Waals surface area contributed by atoms with Gasteiger partial charge in [-0.15, -0.1) is 0 Å². The summed E-state index contributed by atoms with van der Waals surface area (Å²) in [6, 6.07) is 13.0. The Hall–Kier alpha value is -1.96. The van der Waals surface area contributed by atoms with E-state index < -0.39 is 11.5 Å². The molecule has 0 unspecified atom stereocenters. The van der Waals surface area contributed by atoms with Crippen LogP contribution in [0.25, 0.3) is 0 Å². The first-order chi connectivity index (χ1) is 9.52. The Kier molecular flexibility index (Phi) is 2.97. The van der Waals surface area contributed by atoms with Gasteiger partial charge in [0.2, 0.25) is 5.78 Å². The smallest absolute Gasteiger partial charge is 0.204 e. The minimum absolute atomic E-state index is 0.229. The average molecular weight is 268 g/mol. The van der Waals surface area contributed by atoms with Crippen LogP contribution in [0, 0.1) is 13.8 Å². The van der Waals surface area contributed by atoms with Crippen LogP contribution < -0.4 is 0 Å². The first kappa shape index (κ1) is 13.0. The van der Waals surface area contributed by atoms with Crippen LogP contribution in [0.1, 0.15) is 39.0 Å². The number of hydrogen-bond acceptors (Lipinski definition) is 1. The van der Waals surface area contributed by atoms with Crippen LogP contribution in [0.4, 0.5) is 4.39 Å². The molecule has 1 aliphatic carbocycles. The predicted octanol–water partition coefficient (Wildman–Crippen LogP) is 4.30. The Bertz CT molecular complexity index is 690. The van der Waals surface area contributed by atoms with Crippen LogP contribution in [0.3, 0.4) is 0 Å². The lowest BCUT2D eigenvalue weighted by Crippen LogP contribution is -2.36. The molecule has 2 aromatic carbocycles. The van der Waals surface area contributed by atoms with Gasteiger partial charge in [0.25, 0.3) is 0 Å². The number of carbonyl (C=O) groups excluding carboxylic acids is 1. The second-order valence-electron chi connectivity index (χ2n) is 5.61. The zero-order chi connectivity index (χ0) is 14.3. The number of hydrogen-bond donors (Lipinski definition) is 0. The van der Waals surface area contributed by atoms with E-state index in [0.717, 1.165) is 16.7 Å². The third-order valence-corrected chi connectivity index (χ3v) is 4.18. The van der Waals surface area contributed by atoms with E-state index in [2.05, 4.69) is 0 Å². The van der Waals surface area contributed by atoms with E-state index in [0.29, 0.717) is 17.5 Å². The highest BCUT2D eigenvalue weighted by Crippen LogP contribution is 2.41. The summed E-state index contributed by atoms with van der Waals surface area (Å²) >= 11 is 0. The molecule has 0 bridgehead atoms. The summed E-state index contributed by atoms with van der Waals surface area (Å²) in [6.45, 7) is 3.79. The van der Waals surface area contributed by atoms with Gasteiger partial charge >= 0.3 is 0 Å². The van der Waals surface area contributed by atoms with Gasteiger partial charge in [-0.1, -0.05) is 48.0 Å². The van der Waals surface area contributed by atoms with E-state index in [4.69, 9.17) is 0 Å². The zero-order valence-electron chi connectivity index (χ0n) is 11.7. The topological polar surface area (TPSA) is 17.1 Å². The van der Waals surface area contributed by atoms with E-state index in [-0.39, 0.29) is 6.42 Å². The lowest BCUT2D eigenvalue weighted by atomic mass is 9.75. The van der Waals surface area contributed by atoms with E-state index >= 15 is 4.39 Å². The third-order valence-electron chi connectivity index (χ3n) is 4.18. The fourth-order valence-corrected chi connectivity index (χ4v) is 3.01. The Morgan fingerprint density at radius 2 is 1.85 bits per heavy atom. The fraction of sp³-hybridized carbons (Fsp3) is 0.278. The summed E-state index contributed by atoms with van der Waals surface area (Å²) in [5.74, 6) is -0.395. The Morgan fingerprint density at radius 1 is 1.10 bits per heavy atom. The molecule has 3 rings (SSSR count). The van der Waals surface area contributed by atoms with Crippen molar-refractivity contribution in [2.75, 3.05) is 0 Å². The maximum absolute atomic E-state index is 15.5. The SMILES string of the molecule is Cc1ccc(C)c([C@]2(F)CCc3ccccc3C2=O)c1. The van der Waals surface area contributed by atoms with E-state index in [1.807, 2.05) is 38.1 Å². The summed E-state index contributed by atoms with van der Waals surface area (Å²) in [5, 5.41) is 0. The van der Waals surface area contributed by atoms with Crippen LogP contribution >= 0.6 is 0 Å². The third kappa shape index (κ3) is 1.87. The van der Waals surface area contributed by atoms with E-state index in [9.17, 15) is 4.79 Å². The van der Waals surface area contributed by atoms with Crippen molar-refractivity contribution in [2.45, 2.75) is 32.4 Å². The first-order valence-electron chi connectivity index (χ1n) is 6.92. The highest BCUT2D eigenvalue weighted by atomic mass is 19.1. The van der Waals surface area contributed by atoms with Gasteiger partial charge in [0.1, 0.15) is 0 Å². The minimum atomic E-state index is -1.88. The van der Waals surface area contributed by atoms with Gasteiger partial charge < -0.3 is 0 Å². The summed E-state index contributed by atoms with van der Waals surface area (Å²) in [4.78, 5) is 12.6. The van der Waals surface area contributed by atoms with Crippen molar-refractivity contribution in [2.24, 2.45) is 0 Å². The molecule has 2 aromatic rings. The summed E-state index contributed by atoms with van der Waals surface area (Å²) in [6.07, 6.45) is 0.832. The van der Waals surface area contributed by atoms with Crippen molar-refractivity contribution in [3.8, 4) is 0 Å². The van der Waals surface area contributed by atoms with Gasteiger partial charge in [0, 0.05) is 11.1 Å². The summed E-state index contributed by atoms with van der Waals surface area (Å²) < 4.78 is 15.5. The fourth-order valence-electron chi connectivity index (χ4n) is 3.01. The lowest BCUT2D eigenvalue weighted by Gasteiger charge is -2.31. The molecule has 1 atom stereocenters. The number of ketones is 1. The standard InChI is InChI=1S/C18H17FO/c1-12-7-8-13(2)16(11-12)18(19)10-9-14-5-3-4-6-15(14)17(18)20/h3-8,11H,9-10H2,1-2H3/t18-/m1/s1. The highest BCUT2D eigenvalue weighted by Gasteiger charge is 2.45. The highest BCUT2D eigenvalue weighted by molar-refractivity contribution is 6.05. The van der Waals surface area contributed by atoms with Crippen molar-refractivity contribution < 1.29 is 9.18 Å². The second kappa shape index (κ2) is 4.55. The monoisotopic (exact) mass is 268 g/mol. The number of alkyl halides is 1. The van der Waals surface area contributed by atoms with Crippen molar-refractivity contribution in [1.82, 2.24) is 0 Å². The second-order valence-corrected chi connectivity index (χ2v) is 5.61. The molecule has 1 aliphatic rings. The maximum atomic E-state index is 15.5. The quantitative estimate of drug-likeness (QED) is 0.753. The van der Waals surface area contributed by atoms with Gasteiger partial charge in [-0.2, -0.15) is 0 Å². The zero-order valence-corrected chi connectivity index (χ0v) is 11.7. The van der Waals surface area contributed by atoms with Crippen LogP contribution in [-0.4, -0.2) is 5.78 Å². The number of Topliss-reactive ketones (excluding diaryl/α,β-unsaturated/α-hetero) is 1. The van der Waals surface area contributed by atoms with Crippen molar-refractivity contribution in [3.05, 3.63) is 70.3 Å². The molecule has 0 radical (unpaired) electrons. The van der Waals surface area contributed by atoms with Crippen LogP contribution in [0.15, 0.2) is 42.5 Å². The Balaban J connectivity index is 2.15. The Morgan fingerprint density at radius 3 is 2.65 bits per heavy atom. The molecule has 0 spiro atoms. The van der Waals surface area contributed by atoms with Gasteiger partial charge in [0.15, 0.2) is 5.67 Å². The van der Waals surface area contributed by atoms with Gasteiger partial charge in [-0.05, 0) is 37.8 Å². The molecule has 0 saturated heterocycles. The molecule has 0 fully saturated rings. The van der Waals surface area contributed by atoms with E-state index in [1.54, 1.807) is 18.2 Å². The molecule has 0 amide bonds.